The van der Waals surface area contributed by atoms with Crippen molar-refractivity contribution in [1.29, 1.82) is 5.26 Å². The quantitative estimate of drug-likeness (QED) is 0.710. The van der Waals surface area contributed by atoms with Crippen LogP contribution in [0.3, 0.4) is 0 Å². The van der Waals surface area contributed by atoms with Crippen molar-refractivity contribution >= 4 is 36.0 Å². The molecule has 2 aromatic carbocycles. The summed E-state index contributed by atoms with van der Waals surface area (Å²) in [5.41, 5.74) is 2.01. The van der Waals surface area contributed by atoms with E-state index in [1.807, 2.05) is 13.0 Å². The molecular formula is C17H15BrN2O3P+. The van der Waals surface area contributed by atoms with E-state index in [2.05, 4.69) is 21.2 Å². The SMILES string of the molecule is CCOC([PH+]=O)c1ccc(C(=O)Nc2ccc(Br)cc2C#N)cc1. The Morgan fingerprint density at radius 2 is 2.04 bits per heavy atom. The molecule has 0 spiro atoms. The van der Waals surface area contributed by atoms with Gasteiger partial charge in [0.05, 0.1) is 11.3 Å². The van der Waals surface area contributed by atoms with Crippen LogP contribution in [0.25, 0.3) is 0 Å². The predicted octanol–water partition coefficient (Wildman–Crippen LogP) is 4.63. The molecule has 0 aliphatic rings. The first-order valence-corrected chi connectivity index (χ1v) is 8.97. The highest BCUT2D eigenvalue weighted by Crippen LogP contribution is 2.28. The second-order valence-electron chi connectivity index (χ2n) is 4.83. The topological polar surface area (TPSA) is 79.2 Å². The summed E-state index contributed by atoms with van der Waals surface area (Å²) in [5, 5.41) is 11.9. The van der Waals surface area contributed by atoms with Crippen LogP contribution in [0, 0.1) is 11.3 Å². The van der Waals surface area contributed by atoms with Gasteiger partial charge in [-0.05, 0) is 37.3 Å². The maximum Gasteiger partial charge on any atom is 0.361 e. The van der Waals surface area contributed by atoms with Gasteiger partial charge in [0.1, 0.15) is 6.07 Å². The van der Waals surface area contributed by atoms with Crippen molar-refractivity contribution < 1.29 is 14.1 Å². The van der Waals surface area contributed by atoms with E-state index in [1.165, 1.54) is 0 Å². The molecule has 2 unspecified atom stereocenters. The van der Waals surface area contributed by atoms with Crippen LogP contribution in [-0.2, 0) is 9.30 Å². The highest BCUT2D eigenvalue weighted by atomic mass is 79.9. The van der Waals surface area contributed by atoms with Gasteiger partial charge in [0, 0.05) is 22.2 Å². The number of rotatable bonds is 6. The number of halogens is 1. The van der Waals surface area contributed by atoms with Crippen molar-refractivity contribution in [2.24, 2.45) is 0 Å². The molecule has 0 fully saturated rings. The second kappa shape index (κ2) is 8.70. The number of ether oxygens (including phenoxy) is 1. The number of hydrogen-bond donors (Lipinski definition) is 1. The van der Waals surface area contributed by atoms with Crippen LogP contribution in [0.2, 0.25) is 0 Å². The average molecular weight is 406 g/mol. The summed E-state index contributed by atoms with van der Waals surface area (Å²) in [7, 11) is -0.614. The summed E-state index contributed by atoms with van der Waals surface area (Å²) in [6.07, 6.45) is 0. The Bertz CT molecular complexity index is 787. The minimum Gasteiger partial charge on any atom is -0.332 e. The molecule has 2 rings (SSSR count). The van der Waals surface area contributed by atoms with Gasteiger partial charge in [-0.25, -0.2) is 0 Å². The summed E-state index contributed by atoms with van der Waals surface area (Å²) >= 11 is 3.29. The third-order valence-corrected chi connectivity index (χ3v) is 4.47. The van der Waals surface area contributed by atoms with Crippen molar-refractivity contribution in [3.8, 4) is 6.07 Å². The fourth-order valence-corrected chi connectivity index (χ4v) is 3.01. The van der Waals surface area contributed by atoms with Gasteiger partial charge in [-0.2, -0.15) is 5.26 Å². The van der Waals surface area contributed by atoms with Gasteiger partial charge in [0.15, 0.2) is 0 Å². The largest absolute Gasteiger partial charge is 0.361 e. The molecule has 1 amide bonds. The molecule has 5 nitrogen and oxygen atoms in total. The molecule has 0 radical (unpaired) electrons. The van der Waals surface area contributed by atoms with Crippen molar-refractivity contribution in [2.45, 2.75) is 12.8 Å². The molecule has 2 aromatic rings. The Morgan fingerprint density at radius 1 is 1.33 bits per heavy atom. The second-order valence-corrected chi connectivity index (χ2v) is 6.51. The Morgan fingerprint density at radius 3 is 2.62 bits per heavy atom. The minimum atomic E-state index is -0.614. The molecule has 2 atom stereocenters. The van der Waals surface area contributed by atoms with Gasteiger partial charge >= 0.3 is 8.46 Å². The monoisotopic (exact) mass is 405 g/mol. The molecule has 0 heterocycles. The van der Waals surface area contributed by atoms with Crippen molar-refractivity contribution in [3.63, 3.8) is 0 Å². The Labute approximate surface area is 150 Å². The number of nitrogens with zero attached hydrogens (tertiary/aromatic N) is 1. The van der Waals surface area contributed by atoms with Crippen LogP contribution in [-0.4, -0.2) is 12.5 Å². The molecule has 0 aliphatic heterocycles. The van der Waals surface area contributed by atoms with Gasteiger partial charge in [0.2, 0.25) is 0 Å². The zero-order chi connectivity index (χ0) is 17.5. The predicted molar refractivity (Wildman–Crippen MR) is 96.6 cm³/mol. The third kappa shape index (κ3) is 4.48. The van der Waals surface area contributed by atoms with Gasteiger partial charge in [-0.15, -0.1) is 0 Å². The lowest BCUT2D eigenvalue weighted by molar-refractivity contribution is 0.102. The molecule has 0 aliphatic carbocycles. The first-order valence-electron chi connectivity index (χ1n) is 7.19. The van der Waals surface area contributed by atoms with Gasteiger partial charge in [-0.3, -0.25) is 4.79 Å². The zero-order valence-electron chi connectivity index (χ0n) is 12.9. The summed E-state index contributed by atoms with van der Waals surface area (Å²) < 4.78 is 17.3. The van der Waals surface area contributed by atoms with Gasteiger partial charge in [0.25, 0.3) is 11.8 Å². The average Bonchev–Trinajstić information content (AvgIpc) is 2.61. The standard InChI is InChI=1S/C17H14BrN2O3P/c1-2-23-17(24-22)12-5-3-11(4-6-12)16(21)20-15-8-7-14(18)9-13(15)10-19/h3-9,17H,2H2,1H3,(H,20,21)/p+1. The van der Waals surface area contributed by atoms with Gasteiger partial charge in [-0.1, -0.05) is 32.6 Å². The first kappa shape index (κ1) is 18.3. The van der Waals surface area contributed by atoms with E-state index in [0.717, 1.165) is 10.0 Å². The Balaban J connectivity index is 2.16. The number of amides is 1. The van der Waals surface area contributed by atoms with E-state index in [9.17, 15) is 9.36 Å². The summed E-state index contributed by atoms with van der Waals surface area (Å²) in [5.74, 6) is -0.804. The Hall–Kier alpha value is -2.06. The lowest BCUT2D eigenvalue weighted by Crippen LogP contribution is -2.13. The van der Waals surface area contributed by atoms with E-state index in [-0.39, 0.29) is 5.91 Å². The van der Waals surface area contributed by atoms with Crippen molar-refractivity contribution in [1.82, 2.24) is 0 Å². The third-order valence-electron chi connectivity index (χ3n) is 3.27. The van der Waals surface area contributed by atoms with Crippen LogP contribution < -0.4 is 5.32 Å². The Kier molecular flexibility index (Phi) is 6.62. The number of benzene rings is 2. The normalized spacial score (nSPS) is 11.7. The molecule has 122 valence electrons. The fourth-order valence-electron chi connectivity index (χ4n) is 2.09. The smallest absolute Gasteiger partial charge is 0.332 e. The highest BCUT2D eigenvalue weighted by molar-refractivity contribution is 9.10. The van der Waals surface area contributed by atoms with Crippen molar-refractivity contribution in [2.75, 3.05) is 11.9 Å². The van der Waals surface area contributed by atoms with Crippen LogP contribution in [0.5, 0.6) is 0 Å². The number of nitriles is 1. The van der Waals surface area contributed by atoms with E-state index in [0.29, 0.717) is 23.4 Å². The molecular weight excluding hydrogens is 391 g/mol. The van der Waals surface area contributed by atoms with Crippen LogP contribution >= 0.6 is 24.4 Å². The zero-order valence-corrected chi connectivity index (χ0v) is 15.5. The minimum absolute atomic E-state index is 0.321. The molecule has 0 saturated carbocycles. The van der Waals surface area contributed by atoms with Crippen LogP contribution in [0.15, 0.2) is 46.9 Å². The lowest BCUT2D eigenvalue weighted by atomic mass is 10.1. The summed E-state index contributed by atoms with van der Waals surface area (Å²) in [6, 6.07) is 13.8. The van der Waals surface area contributed by atoms with E-state index in [1.54, 1.807) is 42.5 Å². The van der Waals surface area contributed by atoms with Crippen molar-refractivity contribution in [3.05, 3.63) is 63.6 Å². The number of carbonyl (C=O) groups excluding carboxylic acids is 1. The molecule has 24 heavy (non-hydrogen) atoms. The summed E-state index contributed by atoms with van der Waals surface area (Å²) in [4.78, 5) is 12.3. The van der Waals surface area contributed by atoms with Crippen LogP contribution in [0.1, 0.15) is 34.3 Å². The molecule has 0 saturated heterocycles. The lowest BCUT2D eigenvalue weighted by Gasteiger charge is -2.09. The maximum absolute atomic E-state index is 12.3. The number of anilines is 1. The number of nitrogens with one attached hydrogen (secondary N) is 1. The summed E-state index contributed by atoms with van der Waals surface area (Å²) in [6.45, 7) is 2.29. The molecule has 0 aromatic heterocycles. The van der Waals surface area contributed by atoms with E-state index in [4.69, 9.17) is 10.00 Å². The van der Waals surface area contributed by atoms with Gasteiger partial charge < -0.3 is 10.1 Å². The fraction of sp³-hybridized carbons (Fsp3) is 0.176. The maximum atomic E-state index is 12.3. The molecule has 7 heteroatoms. The van der Waals surface area contributed by atoms with E-state index >= 15 is 0 Å². The first-order chi connectivity index (χ1) is 11.6. The number of hydrogen-bond acceptors (Lipinski definition) is 4. The number of carbonyl (C=O) groups is 1. The molecule has 1 N–H and O–H groups in total. The van der Waals surface area contributed by atoms with E-state index < -0.39 is 14.3 Å². The van der Waals surface area contributed by atoms with Crippen LogP contribution in [0.4, 0.5) is 5.69 Å². The highest BCUT2D eigenvalue weighted by Gasteiger charge is 2.19. The molecule has 0 bridgehead atoms.